The first-order valence-electron chi connectivity index (χ1n) is 9.02. The molecule has 2 aromatic rings. The van der Waals surface area contributed by atoms with E-state index in [1.54, 1.807) is 36.4 Å². The van der Waals surface area contributed by atoms with E-state index in [0.717, 1.165) is 5.56 Å². The lowest BCUT2D eigenvalue weighted by Crippen LogP contribution is -2.28. The van der Waals surface area contributed by atoms with Crippen molar-refractivity contribution >= 4 is 23.5 Å². The standard InChI is InChI=1S/C21H24N2O5/c1-3-27-18-11-7-6-10-17(18)23-19(24)14-28-20(25)12-13-22-21(26)16-9-5-4-8-15(16)2/h4-11H,3,12-14H2,1-2H3,(H,22,26)(H,23,24). The number of carbonyl (C=O) groups is 3. The smallest absolute Gasteiger partial charge is 0.308 e. The quantitative estimate of drug-likeness (QED) is 0.649. The summed E-state index contributed by atoms with van der Waals surface area (Å²) < 4.78 is 10.4. The molecular weight excluding hydrogens is 360 g/mol. The Hall–Kier alpha value is -3.35. The molecular formula is C21H24N2O5. The number of amides is 2. The summed E-state index contributed by atoms with van der Waals surface area (Å²) in [5, 5.41) is 5.30. The molecule has 7 nitrogen and oxygen atoms in total. The molecule has 0 aliphatic heterocycles. The van der Waals surface area contributed by atoms with Crippen molar-refractivity contribution < 1.29 is 23.9 Å². The highest BCUT2D eigenvalue weighted by Crippen LogP contribution is 2.23. The van der Waals surface area contributed by atoms with E-state index >= 15 is 0 Å². The Morgan fingerprint density at radius 2 is 1.71 bits per heavy atom. The van der Waals surface area contributed by atoms with Crippen molar-refractivity contribution in [1.82, 2.24) is 5.32 Å². The van der Waals surface area contributed by atoms with Crippen LogP contribution in [0.1, 0.15) is 29.3 Å². The van der Waals surface area contributed by atoms with E-state index in [2.05, 4.69) is 10.6 Å². The molecule has 148 valence electrons. The largest absolute Gasteiger partial charge is 0.492 e. The molecule has 0 fully saturated rings. The monoisotopic (exact) mass is 384 g/mol. The molecule has 0 bridgehead atoms. The molecule has 0 saturated heterocycles. The highest BCUT2D eigenvalue weighted by atomic mass is 16.5. The van der Waals surface area contributed by atoms with Gasteiger partial charge in [-0.05, 0) is 37.6 Å². The predicted molar refractivity (Wildman–Crippen MR) is 105 cm³/mol. The van der Waals surface area contributed by atoms with Gasteiger partial charge in [-0.15, -0.1) is 0 Å². The fourth-order valence-corrected chi connectivity index (χ4v) is 2.46. The second-order valence-electron chi connectivity index (χ2n) is 5.96. The second-order valence-corrected chi connectivity index (χ2v) is 5.96. The van der Waals surface area contributed by atoms with Crippen molar-refractivity contribution in [3.63, 3.8) is 0 Å². The minimum Gasteiger partial charge on any atom is -0.492 e. The van der Waals surface area contributed by atoms with Gasteiger partial charge >= 0.3 is 5.97 Å². The lowest BCUT2D eigenvalue weighted by atomic mass is 10.1. The third-order valence-electron chi connectivity index (χ3n) is 3.83. The van der Waals surface area contributed by atoms with Crippen molar-refractivity contribution in [2.75, 3.05) is 25.1 Å². The zero-order valence-corrected chi connectivity index (χ0v) is 16.0. The fraction of sp³-hybridized carbons (Fsp3) is 0.286. The van der Waals surface area contributed by atoms with Crippen LogP contribution in [0.4, 0.5) is 5.69 Å². The molecule has 0 aliphatic rings. The normalized spacial score (nSPS) is 10.1. The maximum absolute atomic E-state index is 12.1. The Bertz CT molecular complexity index is 835. The van der Waals surface area contributed by atoms with Gasteiger partial charge in [0.05, 0.1) is 18.7 Å². The van der Waals surface area contributed by atoms with E-state index in [4.69, 9.17) is 9.47 Å². The van der Waals surface area contributed by atoms with Crippen LogP contribution in [-0.2, 0) is 14.3 Å². The van der Waals surface area contributed by atoms with E-state index < -0.39 is 18.5 Å². The number of rotatable bonds is 9. The average Bonchev–Trinajstić information content (AvgIpc) is 2.68. The SMILES string of the molecule is CCOc1ccccc1NC(=O)COC(=O)CCNC(=O)c1ccccc1C. The van der Waals surface area contributed by atoms with Crippen LogP contribution in [-0.4, -0.2) is 37.5 Å². The predicted octanol–water partition coefficient (Wildman–Crippen LogP) is 2.70. The van der Waals surface area contributed by atoms with Gasteiger partial charge in [0, 0.05) is 12.1 Å². The van der Waals surface area contributed by atoms with Gasteiger partial charge in [0.1, 0.15) is 5.75 Å². The average molecular weight is 384 g/mol. The number of hydrogen-bond donors (Lipinski definition) is 2. The summed E-state index contributed by atoms with van der Waals surface area (Å²) in [6.45, 7) is 3.87. The number of carbonyl (C=O) groups excluding carboxylic acids is 3. The minimum atomic E-state index is -0.571. The van der Waals surface area contributed by atoms with Crippen LogP contribution in [0.15, 0.2) is 48.5 Å². The molecule has 0 spiro atoms. The van der Waals surface area contributed by atoms with Gasteiger partial charge in [0.2, 0.25) is 0 Å². The number of benzene rings is 2. The van der Waals surface area contributed by atoms with Crippen LogP contribution in [0.2, 0.25) is 0 Å². The summed E-state index contributed by atoms with van der Waals surface area (Å²) in [6, 6.07) is 14.2. The first-order chi connectivity index (χ1) is 13.5. The summed E-state index contributed by atoms with van der Waals surface area (Å²) >= 11 is 0. The fourth-order valence-electron chi connectivity index (χ4n) is 2.46. The summed E-state index contributed by atoms with van der Waals surface area (Å²) in [7, 11) is 0. The van der Waals surface area contributed by atoms with Gasteiger partial charge in [-0.2, -0.15) is 0 Å². The molecule has 2 aromatic carbocycles. The van der Waals surface area contributed by atoms with Crippen LogP contribution >= 0.6 is 0 Å². The van der Waals surface area contributed by atoms with Crippen LogP contribution in [0.25, 0.3) is 0 Å². The van der Waals surface area contributed by atoms with E-state index in [1.807, 2.05) is 26.0 Å². The van der Waals surface area contributed by atoms with Crippen molar-refractivity contribution in [1.29, 1.82) is 0 Å². The molecule has 2 amide bonds. The Morgan fingerprint density at radius 1 is 1.00 bits per heavy atom. The Kier molecular flexibility index (Phi) is 8.02. The van der Waals surface area contributed by atoms with E-state index in [1.165, 1.54) is 0 Å². The van der Waals surface area contributed by atoms with Crippen molar-refractivity contribution in [2.24, 2.45) is 0 Å². The molecule has 2 rings (SSSR count). The molecule has 0 aromatic heterocycles. The lowest BCUT2D eigenvalue weighted by Gasteiger charge is -2.11. The molecule has 0 radical (unpaired) electrons. The summed E-state index contributed by atoms with van der Waals surface area (Å²) in [5.74, 6) is -0.748. The van der Waals surface area contributed by atoms with Crippen LogP contribution in [0.3, 0.4) is 0 Å². The van der Waals surface area contributed by atoms with Crippen molar-refractivity contribution in [3.05, 3.63) is 59.7 Å². The number of para-hydroxylation sites is 2. The van der Waals surface area contributed by atoms with Gasteiger partial charge in [-0.1, -0.05) is 30.3 Å². The van der Waals surface area contributed by atoms with Crippen LogP contribution in [0.5, 0.6) is 5.75 Å². The summed E-state index contributed by atoms with van der Waals surface area (Å²) in [5.41, 5.74) is 1.92. The first kappa shape index (κ1) is 21.0. The lowest BCUT2D eigenvalue weighted by molar-refractivity contribution is -0.147. The van der Waals surface area contributed by atoms with E-state index in [-0.39, 0.29) is 18.9 Å². The topological polar surface area (TPSA) is 93.7 Å². The zero-order valence-electron chi connectivity index (χ0n) is 16.0. The molecule has 0 heterocycles. The third-order valence-corrected chi connectivity index (χ3v) is 3.83. The molecule has 2 N–H and O–H groups in total. The minimum absolute atomic E-state index is 0.0273. The number of hydrogen-bond acceptors (Lipinski definition) is 5. The van der Waals surface area contributed by atoms with E-state index in [9.17, 15) is 14.4 Å². The second kappa shape index (κ2) is 10.7. The Balaban J connectivity index is 1.72. The number of esters is 1. The van der Waals surface area contributed by atoms with Crippen LogP contribution in [0, 0.1) is 6.92 Å². The Labute approximate surface area is 164 Å². The third kappa shape index (κ3) is 6.42. The molecule has 7 heteroatoms. The summed E-state index contributed by atoms with van der Waals surface area (Å²) in [4.78, 5) is 35.8. The number of nitrogens with one attached hydrogen (secondary N) is 2. The Morgan fingerprint density at radius 3 is 2.46 bits per heavy atom. The molecule has 0 aliphatic carbocycles. The van der Waals surface area contributed by atoms with Gasteiger partial charge < -0.3 is 20.1 Å². The molecule has 0 saturated carbocycles. The van der Waals surface area contributed by atoms with Crippen molar-refractivity contribution in [2.45, 2.75) is 20.3 Å². The van der Waals surface area contributed by atoms with Gasteiger partial charge in [0.25, 0.3) is 11.8 Å². The van der Waals surface area contributed by atoms with Gasteiger partial charge in [-0.3, -0.25) is 14.4 Å². The number of ether oxygens (including phenoxy) is 2. The molecule has 0 atom stereocenters. The van der Waals surface area contributed by atoms with Crippen LogP contribution < -0.4 is 15.4 Å². The highest BCUT2D eigenvalue weighted by Gasteiger charge is 2.12. The number of anilines is 1. The molecule has 0 unspecified atom stereocenters. The van der Waals surface area contributed by atoms with Gasteiger partial charge in [0.15, 0.2) is 6.61 Å². The highest BCUT2D eigenvalue weighted by molar-refractivity contribution is 5.96. The van der Waals surface area contributed by atoms with Gasteiger partial charge in [-0.25, -0.2) is 0 Å². The summed E-state index contributed by atoms with van der Waals surface area (Å²) in [6.07, 6.45) is -0.0273. The maximum atomic E-state index is 12.1. The van der Waals surface area contributed by atoms with E-state index in [0.29, 0.717) is 23.6 Å². The first-order valence-corrected chi connectivity index (χ1v) is 9.02. The zero-order chi connectivity index (χ0) is 20.4. The maximum Gasteiger partial charge on any atom is 0.308 e. The molecule has 28 heavy (non-hydrogen) atoms. The van der Waals surface area contributed by atoms with Crippen molar-refractivity contribution in [3.8, 4) is 5.75 Å². The number of aryl methyl sites for hydroxylation is 1.